The van der Waals surface area contributed by atoms with Crippen LogP contribution in [-0.4, -0.2) is 29.6 Å². The number of carbonyl (C=O) groups excluding carboxylic acids is 1. The van der Waals surface area contributed by atoms with E-state index in [0.29, 0.717) is 0 Å². The summed E-state index contributed by atoms with van der Waals surface area (Å²) in [6.07, 6.45) is 2.25. The molecule has 0 aromatic heterocycles. The third kappa shape index (κ3) is 2.13. The van der Waals surface area contributed by atoms with Gasteiger partial charge in [0.1, 0.15) is 0 Å². The average molecular weight is 170 g/mol. The molecule has 3 nitrogen and oxygen atoms in total. The molecule has 1 fully saturated rings. The van der Waals surface area contributed by atoms with Crippen LogP contribution in [0.15, 0.2) is 0 Å². The standard InChI is InChI=1S/C9H18N2O/c1-4-11(5-2)8(12)10-9(3)6-7-9/h4-7H2,1-3H3,(H,10,12). The van der Waals surface area contributed by atoms with Crippen LogP contribution in [0, 0.1) is 0 Å². The van der Waals surface area contributed by atoms with E-state index in [1.807, 2.05) is 18.7 Å². The number of nitrogens with one attached hydrogen (secondary N) is 1. The second kappa shape index (κ2) is 3.33. The van der Waals surface area contributed by atoms with Gasteiger partial charge in [0.15, 0.2) is 0 Å². The Bertz CT molecular complexity index is 171. The Kier molecular flexibility index (Phi) is 2.60. The smallest absolute Gasteiger partial charge is 0.317 e. The Morgan fingerprint density at radius 2 is 1.92 bits per heavy atom. The summed E-state index contributed by atoms with van der Waals surface area (Å²) in [5.74, 6) is 0. The minimum absolute atomic E-state index is 0.0833. The van der Waals surface area contributed by atoms with E-state index in [0.717, 1.165) is 25.9 Å². The molecule has 1 saturated carbocycles. The van der Waals surface area contributed by atoms with E-state index < -0.39 is 0 Å². The molecule has 3 heteroatoms. The van der Waals surface area contributed by atoms with Gasteiger partial charge >= 0.3 is 6.03 Å². The van der Waals surface area contributed by atoms with E-state index in [2.05, 4.69) is 12.2 Å². The molecular formula is C9H18N2O. The first kappa shape index (κ1) is 9.36. The Morgan fingerprint density at radius 3 is 2.25 bits per heavy atom. The zero-order chi connectivity index (χ0) is 9.19. The zero-order valence-corrected chi connectivity index (χ0v) is 8.18. The number of urea groups is 1. The quantitative estimate of drug-likeness (QED) is 0.685. The molecule has 0 spiro atoms. The number of hydrogen-bond donors (Lipinski definition) is 1. The van der Waals surface area contributed by atoms with Crippen molar-refractivity contribution < 1.29 is 4.79 Å². The lowest BCUT2D eigenvalue weighted by molar-refractivity contribution is 0.198. The molecule has 0 aromatic carbocycles. The van der Waals surface area contributed by atoms with Crippen LogP contribution in [0.1, 0.15) is 33.6 Å². The van der Waals surface area contributed by atoms with E-state index >= 15 is 0 Å². The van der Waals surface area contributed by atoms with Crippen LogP contribution >= 0.6 is 0 Å². The lowest BCUT2D eigenvalue weighted by atomic mass is 10.3. The van der Waals surface area contributed by atoms with Crippen molar-refractivity contribution in [2.75, 3.05) is 13.1 Å². The molecule has 0 atom stereocenters. The van der Waals surface area contributed by atoms with Crippen molar-refractivity contribution in [3.8, 4) is 0 Å². The van der Waals surface area contributed by atoms with Crippen molar-refractivity contribution in [1.82, 2.24) is 10.2 Å². The van der Waals surface area contributed by atoms with Crippen LogP contribution in [0.4, 0.5) is 4.79 Å². The molecule has 0 unspecified atom stereocenters. The monoisotopic (exact) mass is 170 g/mol. The summed E-state index contributed by atoms with van der Waals surface area (Å²) in [7, 11) is 0. The zero-order valence-electron chi connectivity index (χ0n) is 8.18. The highest BCUT2D eigenvalue weighted by molar-refractivity contribution is 5.75. The van der Waals surface area contributed by atoms with Gasteiger partial charge in [-0.05, 0) is 33.6 Å². The summed E-state index contributed by atoms with van der Waals surface area (Å²) >= 11 is 0. The molecule has 1 aliphatic rings. The average Bonchev–Trinajstić information content (AvgIpc) is 2.70. The molecular weight excluding hydrogens is 152 g/mol. The summed E-state index contributed by atoms with van der Waals surface area (Å²) < 4.78 is 0. The van der Waals surface area contributed by atoms with Crippen molar-refractivity contribution in [3.63, 3.8) is 0 Å². The number of amides is 2. The molecule has 1 N–H and O–H groups in total. The van der Waals surface area contributed by atoms with Crippen LogP contribution in [-0.2, 0) is 0 Å². The van der Waals surface area contributed by atoms with E-state index in [4.69, 9.17) is 0 Å². The van der Waals surface area contributed by atoms with Crippen molar-refractivity contribution in [3.05, 3.63) is 0 Å². The molecule has 0 aliphatic heterocycles. The van der Waals surface area contributed by atoms with Gasteiger partial charge in [-0.25, -0.2) is 4.79 Å². The van der Waals surface area contributed by atoms with Gasteiger partial charge < -0.3 is 10.2 Å². The van der Waals surface area contributed by atoms with Crippen LogP contribution < -0.4 is 5.32 Å². The van der Waals surface area contributed by atoms with Crippen LogP contribution in [0.5, 0.6) is 0 Å². The summed E-state index contributed by atoms with van der Waals surface area (Å²) in [5, 5.41) is 3.02. The largest absolute Gasteiger partial charge is 0.333 e. The Balaban J connectivity index is 2.35. The molecule has 0 bridgehead atoms. The lowest BCUT2D eigenvalue weighted by Crippen LogP contribution is -2.44. The van der Waals surface area contributed by atoms with Gasteiger partial charge in [0.05, 0.1) is 0 Å². The normalized spacial score (nSPS) is 18.6. The molecule has 70 valence electrons. The number of carbonyl (C=O) groups is 1. The summed E-state index contributed by atoms with van der Waals surface area (Å²) in [6, 6.07) is 0.0833. The Hall–Kier alpha value is -0.730. The first-order valence-electron chi connectivity index (χ1n) is 4.68. The Morgan fingerprint density at radius 1 is 1.42 bits per heavy atom. The molecule has 0 heterocycles. The number of nitrogens with zero attached hydrogens (tertiary/aromatic N) is 1. The van der Waals surface area contributed by atoms with Gasteiger partial charge in [0, 0.05) is 18.6 Å². The van der Waals surface area contributed by atoms with Crippen molar-refractivity contribution >= 4 is 6.03 Å². The minimum atomic E-state index is 0.0833. The van der Waals surface area contributed by atoms with Gasteiger partial charge in [-0.3, -0.25) is 0 Å². The molecule has 0 radical (unpaired) electrons. The van der Waals surface area contributed by atoms with Crippen LogP contribution in [0.2, 0.25) is 0 Å². The fourth-order valence-electron chi connectivity index (χ4n) is 1.16. The third-order valence-corrected chi connectivity index (χ3v) is 2.46. The maximum absolute atomic E-state index is 11.5. The predicted molar refractivity (Wildman–Crippen MR) is 49.1 cm³/mol. The summed E-state index contributed by atoms with van der Waals surface area (Å²) in [6.45, 7) is 7.67. The maximum atomic E-state index is 11.5. The van der Waals surface area contributed by atoms with Gasteiger partial charge in [0.25, 0.3) is 0 Å². The van der Waals surface area contributed by atoms with Gasteiger partial charge in [-0.15, -0.1) is 0 Å². The first-order valence-corrected chi connectivity index (χ1v) is 4.68. The molecule has 0 saturated heterocycles. The lowest BCUT2D eigenvalue weighted by Gasteiger charge is -2.22. The van der Waals surface area contributed by atoms with Gasteiger partial charge in [-0.1, -0.05) is 0 Å². The van der Waals surface area contributed by atoms with Crippen molar-refractivity contribution in [2.24, 2.45) is 0 Å². The molecule has 0 aromatic rings. The predicted octanol–water partition coefficient (Wildman–Crippen LogP) is 1.59. The molecule has 1 aliphatic carbocycles. The van der Waals surface area contributed by atoms with Crippen LogP contribution in [0.25, 0.3) is 0 Å². The second-order valence-corrected chi connectivity index (χ2v) is 3.66. The summed E-state index contributed by atoms with van der Waals surface area (Å²) in [5.41, 5.74) is 0.111. The van der Waals surface area contributed by atoms with E-state index in [9.17, 15) is 4.79 Å². The second-order valence-electron chi connectivity index (χ2n) is 3.66. The molecule has 12 heavy (non-hydrogen) atoms. The molecule has 1 rings (SSSR count). The maximum Gasteiger partial charge on any atom is 0.317 e. The third-order valence-electron chi connectivity index (χ3n) is 2.46. The number of rotatable bonds is 3. The fraction of sp³-hybridized carbons (Fsp3) is 0.889. The van der Waals surface area contributed by atoms with Crippen LogP contribution in [0.3, 0.4) is 0 Å². The van der Waals surface area contributed by atoms with Gasteiger partial charge in [0.2, 0.25) is 0 Å². The highest BCUT2D eigenvalue weighted by Gasteiger charge is 2.39. The van der Waals surface area contributed by atoms with Gasteiger partial charge in [-0.2, -0.15) is 0 Å². The minimum Gasteiger partial charge on any atom is -0.333 e. The van der Waals surface area contributed by atoms with E-state index in [-0.39, 0.29) is 11.6 Å². The topological polar surface area (TPSA) is 32.3 Å². The molecule has 2 amide bonds. The van der Waals surface area contributed by atoms with E-state index in [1.165, 1.54) is 0 Å². The first-order chi connectivity index (χ1) is 5.61. The SMILES string of the molecule is CCN(CC)C(=O)NC1(C)CC1. The highest BCUT2D eigenvalue weighted by atomic mass is 16.2. The Labute approximate surface area is 74.1 Å². The summed E-state index contributed by atoms with van der Waals surface area (Å²) in [4.78, 5) is 13.3. The van der Waals surface area contributed by atoms with Crippen molar-refractivity contribution in [2.45, 2.75) is 39.2 Å². The van der Waals surface area contributed by atoms with Crippen molar-refractivity contribution in [1.29, 1.82) is 0 Å². The number of hydrogen-bond acceptors (Lipinski definition) is 1. The van der Waals surface area contributed by atoms with E-state index in [1.54, 1.807) is 0 Å². The highest BCUT2D eigenvalue weighted by Crippen LogP contribution is 2.34. The fourth-order valence-corrected chi connectivity index (χ4v) is 1.16.